The van der Waals surface area contributed by atoms with Crippen molar-refractivity contribution in [3.63, 3.8) is 0 Å². The fraction of sp³-hybridized carbons (Fsp3) is 0.458. The molecule has 1 atom stereocenters. The number of carbonyl (C=O) groups is 1. The van der Waals surface area contributed by atoms with Gasteiger partial charge in [0.15, 0.2) is 0 Å². The second-order valence-corrected chi connectivity index (χ2v) is 8.27. The van der Waals surface area contributed by atoms with Gasteiger partial charge >= 0.3 is 0 Å². The van der Waals surface area contributed by atoms with E-state index in [4.69, 9.17) is 0 Å². The van der Waals surface area contributed by atoms with Gasteiger partial charge < -0.3 is 15.5 Å². The lowest BCUT2D eigenvalue weighted by Gasteiger charge is -2.28. The minimum atomic E-state index is 0.139. The van der Waals surface area contributed by atoms with Crippen LogP contribution in [-0.2, 0) is 17.8 Å². The molecule has 0 saturated carbocycles. The topological polar surface area (TPSA) is 44.4 Å². The van der Waals surface area contributed by atoms with Crippen LogP contribution in [0.5, 0.6) is 0 Å². The van der Waals surface area contributed by atoms with Gasteiger partial charge in [-0.1, -0.05) is 43.3 Å². The Hall–Kier alpha value is -2.33. The van der Waals surface area contributed by atoms with E-state index in [0.717, 1.165) is 38.3 Å². The summed E-state index contributed by atoms with van der Waals surface area (Å²) in [5.74, 6) is 1.23. The fourth-order valence-corrected chi connectivity index (χ4v) is 4.63. The second-order valence-electron chi connectivity index (χ2n) is 8.27. The Kier molecular flexibility index (Phi) is 5.96. The maximum Gasteiger partial charge on any atom is 0.224 e. The first kappa shape index (κ1) is 19.0. The molecule has 0 spiro atoms. The molecule has 1 unspecified atom stereocenters. The highest BCUT2D eigenvalue weighted by Crippen LogP contribution is 2.30. The molecule has 1 amide bonds. The molecule has 0 bridgehead atoms. The summed E-state index contributed by atoms with van der Waals surface area (Å²) >= 11 is 0. The molecular weight excluding hydrogens is 346 g/mol. The Morgan fingerprint density at radius 1 is 1.14 bits per heavy atom. The number of para-hydroxylation sites is 2. The number of carbonyl (C=O) groups excluding carboxylic acids is 1. The van der Waals surface area contributed by atoms with E-state index in [1.165, 1.54) is 29.7 Å². The molecule has 2 N–H and O–H groups in total. The normalized spacial score (nSPS) is 18.0. The molecule has 28 heavy (non-hydrogen) atoms. The minimum absolute atomic E-state index is 0.139. The van der Waals surface area contributed by atoms with Gasteiger partial charge in [0, 0.05) is 30.9 Å². The predicted molar refractivity (Wildman–Crippen MR) is 116 cm³/mol. The van der Waals surface area contributed by atoms with Gasteiger partial charge in [-0.3, -0.25) is 4.79 Å². The van der Waals surface area contributed by atoms with E-state index in [1.807, 2.05) is 12.1 Å². The van der Waals surface area contributed by atoms with Gasteiger partial charge in [-0.2, -0.15) is 0 Å². The number of piperidine rings is 1. The molecule has 1 fully saturated rings. The summed E-state index contributed by atoms with van der Waals surface area (Å²) in [6.45, 7) is 6.25. The summed E-state index contributed by atoms with van der Waals surface area (Å²) in [5, 5.41) is 6.60. The molecular formula is C24H31N3O. The van der Waals surface area contributed by atoms with Gasteiger partial charge in [-0.15, -0.1) is 0 Å². The second kappa shape index (κ2) is 8.78. The SMILES string of the molecule is CC(CC(=O)Nc1ccccc1CN1CCc2ccccc21)C1CCNCC1. The number of nitrogens with one attached hydrogen (secondary N) is 2. The zero-order chi connectivity index (χ0) is 19.3. The van der Waals surface area contributed by atoms with Crippen LogP contribution in [0.15, 0.2) is 48.5 Å². The van der Waals surface area contributed by atoms with Crippen LogP contribution in [0, 0.1) is 11.8 Å². The molecule has 0 aromatic heterocycles. The highest BCUT2D eigenvalue weighted by Gasteiger charge is 2.23. The Morgan fingerprint density at radius 2 is 1.89 bits per heavy atom. The highest BCUT2D eigenvalue weighted by molar-refractivity contribution is 5.91. The van der Waals surface area contributed by atoms with Gasteiger partial charge in [-0.25, -0.2) is 0 Å². The lowest BCUT2D eigenvalue weighted by Crippen LogP contribution is -2.32. The van der Waals surface area contributed by atoms with E-state index < -0.39 is 0 Å². The Bertz CT molecular complexity index is 813. The largest absolute Gasteiger partial charge is 0.367 e. The third kappa shape index (κ3) is 4.39. The van der Waals surface area contributed by atoms with E-state index in [2.05, 4.69) is 58.9 Å². The summed E-state index contributed by atoms with van der Waals surface area (Å²) in [6.07, 6.45) is 4.06. The van der Waals surface area contributed by atoms with Crippen LogP contribution in [0.4, 0.5) is 11.4 Å². The lowest BCUT2D eigenvalue weighted by molar-refractivity contribution is -0.117. The smallest absolute Gasteiger partial charge is 0.224 e. The summed E-state index contributed by atoms with van der Waals surface area (Å²) in [4.78, 5) is 15.1. The number of hydrogen-bond acceptors (Lipinski definition) is 3. The Morgan fingerprint density at radius 3 is 2.75 bits per heavy atom. The van der Waals surface area contributed by atoms with Gasteiger partial charge in [0.1, 0.15) is 0 Å². The van der Waals surface area contributed by atoms with Crippen LogP contribution in [-0.4, -0.2) is 25.5 Å². The van der Waals surface area contributed by atoms with Crippen molar-refractivity contribution in [1.82, 2.24) is 5.32 Å². The van der Waals surface area contributed by atoms with Crippen molar-refractivity contribution in [1.29, 1.82) is 0 Å². The Labute approximate surface area is 168 Å². The van der Waals surface area contributed by atoms with Gasteiger partial charge in [-0.05, 0) is 67.4 Å². The average molecular weight is 378 g/mol. The lowest BCUT2D eigenvalue weighted by atomic mass is 9.84. The van der Waals surface area contributed by atoms with Crippen molar-refractivity contribution in [2.75, 3.05) is 29.9 Å². The number of rotatable bonds is 6. The highest BCUT2D eigenvalue weighted by atomic mass is 16.1. The molecule has 0 radical (unpaired) electrons. The number of anilines is 2. The molecule has 2 aliphatic rings. The van der Waals surface area contributed by atoms with Crippen LogP contribution < -0.4 is 15.5 Å². The molecule has 2 heterocycles. The van der Waals surface area contributed by atoms with E-state index in [1.54, 1.807) is 0 Å². The molecule has 2 aliphatic heterocycles. The summed E-state index contributed by atoms with van der Waals surface area (Å²) in [6, 6.07) is 16.9. The number of nitrogens with zero attached hydrogens (tertiary/aromatic N) is 1. The van der Waals surface area contributed by atoms with Crippen molar-refractivity contribution in [2.45, 2.75) is 39.2 Å². The quantitative estimate of drug-likeness (QED) is 0.792. The van der Waals surface area contributed by atoms with Crippen LogP contribution in [0.3, 0.4) is 0 Å². The third-order valence-electron chi connectivity index (χ3n) is 6.33. The maximum absolute atomic E-state index is 12.7. The number of hydrogen-bond donors (Lipinski definition) is 2. The zero-order valence-corrected chi connectivity index (χ0v) is 16.8. The summed E-state index contributed by atoms with van der Waals surface area (Å²) in [5.41, 5.74) is 4.87. The maximum atomic E-state index is 12.7. The first-order valence-corrected chi connectivity index (χ1v) is 10.6. The predicted octanol–water partition coefficient (Wildman–Crippen LogP) is 4.21. The molecule has 4 heteroatoms. The van der Waals surface area contributed by atoms with Crippen LogP contribution in [0.1, 0.15) is 37.3 Å². The molecule has 4 rings (SSSR count). The van der Waals surface area contributed by atoms with Crippen LogP contribution in [0.25, 0.3) is 0 Å². The molecule has 2 aromatic carbocycles. The fourth-order valence-electron chi connectivity index (χ4n) is 4.63. The molecule has 148 valence electrons. The first-order chi connectivity index (χ1) is 13.7. The van der Waals surface area contributed by atoms with Crippen molar-refractivity contribution in [3.8, 4) is 0 Å². The first-order valence-electron chi connectivity index (χ1n) is 10.6. The third-order valence-corrected chi connectivity index (χ3v) is 6.33. The van der Waals surface area contributed by atoms with Crippen LogP contribution >= 0.6 is 0 Å². The van der Waals surface area contributed by atoms with Crippen molar-refractivity contribution >= 4 is 17.3 Å². The van der Waals surface area contributed by atoms with Gasteiger partial charge in [0.05, 0.1) is 0 Å². The zero-order valence-electron chi connectivity index (χ0n) is 16.8. The molecule has 4 nitrogen and oxygen atoms in total. The van der Waals surface area contributed by atoms with E-state index in [9.17, 15) is 4.79 Å². The van der Waals surface area contributed by atoms with E-state index in [0.29, 0.717) is 18.3 Å². The number of benzene rings is 2. The van der Waals surface area contributed by atoms with Gasteiger partial charge in [0.25, 0.3) is 0 Å². The van der Waals surface area contributed by atoms with Gasteiger partial charge in [0.2, 0.25) is 5.91 Å². The van der Waals surface area contributed by atoms with E-state index in [-0.39, 0.29) is 5.91 Å². The van der Waals surface area contributed by atoms with E-state index >= 15 is 0 Å². The molecule has 2 aromatic rings. The van der Waals surface area contributed by atoms with Crippen LogP contribution in [0.2, 0.25) is 0 Å². The van der Waals surface area contributed by atoms with Crippen molar-refractivity contribution in [3.05, 3.63) is 59.7 Å². The summed E-state index contributed by atoms with van der Waals surface area (Å²) in [7, 11) is 0. The molecule has 1 saturated heterocycles. The van der Waals surface area contributed by atoms with Crippen molar-refractivity contribution < 1.29 is 4.79 Å². The minimum Gasteiger partial charge on any atom is -0.367 e. The Balaban J connectivity index is 1.40. The standard InChI is InChI=1S/C24H31N3O/c1-18(19-10-13-25-14-11-19)16-24(28)26-22-8-4-2-7-21(22)17-27-15-12-20-6-3-5-9-23(20)27/h2-9,18-19,25H,10-17H2,1H3,(H,26,28). The number of fused-ring (bicyclic) bond motifs is 1. The molecule has 0 aliphatic carbocycles. The monoisotopic (exact) mass is 377 g/mol. The average Bonchev–Trinajstić information content (AvgIpc) is 3.13. The number of amides is 1. The van der Waals surface area contributed by atoms with Crippen molar-refractivity contribution in [2.24, 2.45) is 11.8 Å². The summed E-state index contributed by atoms with van der Waals surface area (Å²) < 4.78 is 0.